The second-order valence-corrected chi connectivity index (χ2v) is 6.04. The van der Waals surface area contributed by atoms with Crippen molar-refractivity contribution in [2.75, 3.05) is 19.6 Å². The van der Waals surface area contributed by atoms with Crippen LogP contribution >= 0.6 is 12.4 Å². The van der Waals surface area contributed by atoms with Crippen LogP contribution in [0.25, 0.3) is 11.1 Å². The van der Waals surface area contributed by atoms with Crippen molar-refractivity contribution in [3.05, 3.63) is 59.4 Å². The molecule has 0 saturated carbocycles. The molecule has 4 rings (SSSR count). The van der Waals surface area contributed by atoms with Gasteiger partial charge >= 0.3 is 0 Å². The molecule has 0 aromatic heterocycles. The van der Waals surface area contributed by atoms with Gasteiger partial charge in [-0.2, -0.15) is 0 Å². The number of nitrogens with one attached hydrogen (secondary N) is 2. The second-order valence-electron chi connectivity index (χ2n) is 6.04. The molecule has 2 N–H and O–H groups in total. The summed E-state index contributed by atoms with van der Waals surface area (Å²) >= 11 is 0. The van der Waals surface area contributed by atoms with Gasteiger partial charge in [0.1, 0.15) is 5.82 Å². The van der Waals surface area contributed by atoms with Crippen molar-refractivity contribution in [1.82, 2.24) is 10.6 Å². The van der Waals surface area contributed by atoms with E-state index in [4.69, 9.17) is 0 Å². The SMILES string of the molecule is Cl.O=C1NC[C@@H]2CNC[C@H]2c2ccc(-c3ccc(F)cc3)cc21. The zero-order valence-corrected chi connectivity index (χ0v) is 13.3. The summed E-state index contributed by atoms with van der Waals surface area (Å²) in [6.45, 7) is 2.59. The second kappa shape index (κ2) is 6.30. The molecule has 0 aliphatic carbocycles. The Balaban J connectivity index is 0.00000156. The third-order valence-corrected chi connectivity index (χ3v) is 4.74. The fourth-order valence-corrected chi connectivity index (χ4v) is 3.53. The van der Waals surface area contributed by atoms with E-state index in [2.05, 4.69) is 16.7 Å². The van der Waals surface area contributed by atoms with Crippen LogP contribution in [0.4, 0.5) is 4.39 Å². The molecule has 120 valence electrons. The molecular weight excluding hydrogens is 315 g/mol. The number of carbonyl (C=O) groups excluding carboxylic acids is 1. The number of rotatable bonds is 1. The minimum absolute atomic E-state index is 0. The highest BCUT2D eigenvalue weighted by molar-refractivity contribution is 5.97. The van der Waals surface area contributed by atoms with Crippen molar-refractivity contribution < 1.29 is 9.18 Å². The summed E-state index contributed by atoms with van der Waals surface area (Å²) in [5.74, 6) is 0.586. The van der Waals surface area contributed by atoms with Gasteiger partial charge in [-0.3, -0.25) is 4.79 Å². The van der Waals surface area contributed by atoms with Gasteiger partial charge in [-0.05, 0) is 40.8 Å². The van der Waals surface area contributed by atoms with E-state index in [1.54, 1.807) is 12.1 Å². The van der Waals surface area contributed by atoms with Gasteiger partial charge in [-0.15, -0.1) is 12.4 Å². The summed E-state index contributed by atoms with van der Waals surface area (Å²) in [5, 5.41) is 6.43. The Hall–Kier alpha value is -1.91. The largest absolute Gasteiger partial charge is 0.352 e. The van der Waals surface area contributed by atoms with Crippen LogP contribution in [-0.2, 0) is 0 Å². The lowest BCUT2D eigenvalue weighted by atomic mass is 9.86. The Morgan fingerprint density at radius 2 is 1.70 bits per heavy atom. The first-order valence-electron chi connectivity index (χ1n) is 7.61. The number of hydrogen-bond acceptors (Lipinski definition) is 2. The number of fused-ring (bicyclic) bond motifs is 3. The number of amides is 1. The summed E-state index contributed by atoms with van der Waals surface area (Å²) < 4.78 is 13.1. The summed E-state index contributed by atoms with van der Waals surface area (Å²) in [6.07, 6.45) is 0. The molecule has 2 aromatic rings. The van der Waals surface area contributed by atoms with E-state index in [1.165, 1.54) is 12.1 Å². The van der Waals surface area contributed by atoms with E-state index in [1.807, 2.05) is 12.1 Å². The molecule has 1 saturated heterocycles. The van der Waals surface area contributed by atoms with Crippen molar-refractivity contribution in [1.29, 1.82) is 0 Å². The molecule has 1 amide bonds. The normalized spacial score (nSPS) is 22.4. The Morgan fingerprint density at radius 3 is 2.48 bits per heavy atom. The summed E-state index contributed by atoms with van der Waals surface area (Å²) in [4.78, 5) is 12.4. The van der Waals surface area contributed by atoms with Crippen molar-refractivity contribution in [2.45, 2.75) is 5.92 Å². The standard InChI is InChI=1S/C18H17FN2O.ClH/c19-14-4-1-11(2-5-14)12-3-6-15-16(7-12)18(22)21-9-13-8-20-10-17(13)15;/h1-7,13,17,20H,8-10H2,(H,21,22);1H/t13-,17+;/m0./s1. The Morgan fingerprint density at radius 1 is 0.957 bits per heavy atom. The topological polar surface area (TPSA) is 41.1 Å². The molecule has 2 aromatic carbocycles. The maximum atomic E-state index is 13.1. The number of halogens is 2. The van der Waals surface area contributed by atoms with E-state index in [9.17, 15) is 9.18 Å². The third-order valence-electron chi connectivity index (χ3n) is 4.74. The van der Waals surface area contributed by atoms with E-state index < -0.39 is 0 Å². The molecule has 3 nitrogen and oxygen atoms in total. The highest BCUT2D eigenvalue weighted by Crippen LogP contribution is 2.34. The van der Waals surface area contributed by atoms with Crippen molar-refractivity contribution >= 4 is 18.3 Å². The van der Waals surface area contributed by atoms with Gasteiger partial charge in [0.05, 0.1) is 0 Å². The Kier molecular flexibility index (Phi) is 4.37. The molecule has 0 bridgehead atoms. The first kappa shape index (κ1) is 16.0. The number of carbonyl (C=O) groups is 1. The third kappa shape index (κ3) is 2.84. The average molecular weight is 333 g/mol. The van der Waals surface area contributed by atoms with Crippen LogP contribution in [0.15, 0.2) is 42.5 Å². The predicted octanol–water partition coefficient (Wildman–Crippen LogP) is 2.96. The van der Waals surface area contributed by atoms with Gasteiger partial charge in [0.15, 0.2) is 0 Å². The van der Waals surface area contributed by atoms with Crippen LogP contribution in [-0.4, -0.2) is 25.5 Å². The number of benzene rings is 2. The molecule has 2 aliphatic rings. The molecule has 2 aliphatic heterocycles. The van der Waals surface area contributed by atoms with E-state index >= 15 is 0 Å². The van der Waals surface area contributed by atoms with Crippen molar-refractivity contribution in [3.8, 4) is 11.1 Å². The maximum absolute atomic E-state index is 13.1. The summed E-state index contributed by atoms with van der Waals surface area (Å²) in [6, 6.07) is 12.4. The zero-order chi connectivity index (χ0) is 15.1. The van der Waals surface area contributed by atoms with Crippen LogP contribution in [0.5, 0.6) is 0 Å². The Bertz CT molecular complexity index is 732. The van der Waals surface area contributed by atoms with Crippen LogP contribution in [0, 0.1) is 11.7 Å². The van der Waals surface area contributed by atoms with Crippen LogP contribution < -0.4 is 10.6 Å². The van der Waals surface area contributed by atoms with Gasteiger partial charge in [0.2, 0.25) is 0 Å². The summed E-state index contributed by atoms with van der Waals surface area (Å²) in [7, 11) is 0. The first-order chi connectivity index (χ1) is 10.7. The highest BCUT2D eigenvalue weighted by atomic mass is 35.5. The minimum atomic E-state index is -0.254. The van der Waals surface area contributed by atoms with Gasteiger partial charge in [0, 0.05) is 31.1 Å². The molecule has 2 heterocycles. The zero-order valence-electron chi connectivity index (χ0n) is 12.5. The van der Waals surface area contributed by atoms with Crippen molar-refractivity contribution in [2.24, 2.45) is 5.92 Å². The number of hydrogen-bond donors (Lipinski definition) is 2. The van der Waals surface area contributed by atoms with E-state index in [0.717, 1.165) is 41.9 Å². The van der Waals surface area contributed by atoms with Gasteiger partial charge < -0.3 is 10.6 Å². The van der Waals surface area contributed by atoms with Crippen LogP contribution in [0.3, 0.4) is 0 Å². The molecule has 23 heavy (non-hydrogen) atoms. The van der Waals surface area contributed by atoms with Gasteiger partial charge in [0.25, 0.3) is 5.91 Å². The minimum Gasteiger partial charge on any atom is -0.352 e. The molecular formula is C18H18ClFN2O. The molecule has 2 atom stereocenters. The quantitative estimate of drug-likeness (QED) is 0.843. The smallest absolute Gasteiger partial charge is 0.251 e. The average Bonchev–Trinajstić information content (AvgIpc) is 2.96. The van der Waals surface area contributed by atoms with Gasteiger partial charge in [-0.1, -0.05) is 24.3 Å². The molecule has 0 unspecified atom stereocenters. The fourth-order valence-electron chi connectivity index (χ4n) is 3.53. The fraction of sp³-hybridized carbons (Fsp3) is 0.278. The highest BCUT2D eigenvalue weighted by Gasteiger charge is 2.34. The first-order valence-corrected chi connectivity index (χ1v) is 7.61. The lowest BCUT2D eigenvalue weighted by Gasteiger charge is -2.16. The monoisotopic (exact) mass is 332 g/mol. The van der Waals surface area contributed by atoms with Crippen LogP contribution in [0.2, 0.25) is 0 Å². The summed E-state index contributed by atoms with van der Waals surface area (Å²) in [5.41, 5.74) is 3.73. The lowest BCUT2D eigenvalue weighted by molar-refractivity contribution is 0.0952. The lowest BCUT2D eigenvalue weighted by Crippen LogP contribution is -2.28. The van der Waals surface area contributed by atoms with E-state index in [0.29, 0.717) is 11.8 Å². The maximum Gasteiger partial charge on any atom is 0.251 e. The molecule has 5 heteroatoms. The Labute approximate surface area is 140 Å². The predicted molar refractivity (Wildman–Crippen MR) is 90.5 cm³/mol. The van der Waals surface area contributed by atoms with Crippen molar-refractivity contribution in [3.63, 3.8) is 0 Å². The molecule has 1 fully saturated rings. The van der Waals surface area contributed by atoms with E-state index in [-0.39, 0.29) is 24.1 Å². The molecule has 0 spiro atoms. The van der Waals surface area contributed by atoms with Gasteiger partial charge in [-0.25, -0.2) is 4.39 Å². The van der Waals surface area contributed by atoms with Crippen LogP contribution in [0.1, 0.15) is 21.8 Å². The molecule has 0 radical (unpaired) electrons.